The summed E-state index contributed by atoms with van der Waals surface area (Å²) in [5.41, 5.74) is 4.45. The van der Waals surface area contributed by atoms with Gasteiger partial charge in [0.15, 0.2) is 11.6 Å². The number of aryl methyl sites for hydroxylation is 3. The van der Waals surface area contributed by atoms with Gasteiger partial charge in [0, 0.05) is 5.69 Å². The topological polar surface area (TPSA) is 84.0 Å². The highest BCUT2D eigenvalue weighted by Crippen LogP contribution is 2.25. The van der Waals surface area contributed by atoms with E-state index in [9.17, 15) is 8.42 Å². The van der Waals surface area contributed by atoms with Crippen LogP contribution in [-0.4, -0.2) is 24.4 Å². The Hall–Kier alpha value is -2.15. The van der Waals surface area contributed by atoms with Crippen LogP contribution < -0.4 is 10.0 Å². The lowest BCUT2D eigenvalue weighted by Gasteiger charge is -2.13. The van der Waals surface area contributed by atoms with Crippen LogP contribution in [0.1, 0.15) is 36.5 Å². The molecule has 0 fully saturated rings. The van der Waals surface area contributed by atoms with Gasteiger partial charge in [-0.25, -0.2) is 8.42 Å². The van der Waals surface area contributed by atoms with Crippen molar-refractivity contribution in [3.05, 3.63) is 41.0 Å². The molecule has 1 aromatic carbocycles. The smallest absolute Gasteiger partial charge is 0.233 e. The summed E-state index contributed by atoms with van der Waals surface area (Å²) in [6, 6.07) is 7.51. The molecule has 0 atom stereocenters. The number of nitrogens with zero attached hydrogens (tertiary/aromatic N) is 2. The molecule has 24 heavy (non-hydrogen) atoms. The van der Waals surface area contributed by atoms with Gasteiger partial charge in [-0.3, -0.25) is 4.72 Å². The van der Waals surface area contributed by atoms with Gasteiger partial charge in [0.25, 0.3) is 0 Å². The summed E-state index contributed by atoms with van der Waals surface area (Å²) in [6.07, 6.45) is 1.44. The molecule has 0 amide bonds. The number of anilines is 3. The summed E-state index contributed by atoms with van der Waals surface area (Å²) in [5, 5.41) is 11.2. The largest absolute Gasteiger partial charge is 0.338 e. The maximum absolute atomic E-state index is 11.9. The summed E-state index contributed by atoms with van der Waals surface area (Å²) in [7, 11) is -3.36. The maximum atomic E-state index is 11.9. The Morgan fingerprint density at radius 3 is 2.12 bits per heavy atom. The number of sulfonamides is 1. The van der Waals surface area contributed by atoms with Crippen LogP contribution in [0, 0.1) is 20.8 Å². The molecule has 6 nitrogen and oxygen atoms in total. The molecule has 2 N–H and O–H groups in total. The van der Waals surface area contributed by atoms with Gasteiger partial charge in [-0.1, -0.05) is 31.0 Å². The summed E-state index contributed by atoms with van der Waals surface area (Å²) in [4.78, 5) is 0. The molecule has 0 aliphatic rings. The zero-order chi connectivity index (χ0) is 17.7. The molecular formula is C17H24N4O2S. The lowest BCUT2D eigenvalue weighted by molar-refractivity contribution is 0.597. The Bertz CT molecular complexity index is 779. The molecule has 0 aliphatic carbocycles. The first-order valence-electron chi connectivity index (χ1n) is 8.00. The van der Waals surface area contributed by atoms with Crippen LogP contribution in [-0.2, 0) is 10.0 Å². The SMILES string of the molecule is CCCCS(=O)(=O)Nc1ccc(Nc2c(C)cc(C)cc2C)nn1. The van der Waals surface area contributed by atoms with E-state index in [4.69, 9.17) is 0 Å². The van der Waals surface area contributed by atoms with E-state index >= 15 is 0 Å². The van der Waals surface area contributed by atoms with Crippen LogP contribution in [0.2, 0.25) is 0 Å². The zero-order valence-corrected chi connectivity index (χ0v) is 15.4. The summed E-state index contributed by atoms with van der Waals surface area (Å²) < 4.78 is 26.2. The molecule has 2 rings (SSSR count). The molecule has 0 saturated carbocycles. The number of hydrogen-bond acceptors (Lipinski definition) is 5. The van der Waals surface area contributed by atoms with E-state index in [-0.39, 0.29) is 11.6 Å². The number of hydrogen-bond donors (Lipinski definition) is 2. The van der Waals surface area contributed by atoms with Crippen LogP contribution in [0.25, 0.3) is 0 Å². The Labute approximate surface area is 143 Å². The van der Waals surface area contributed by atoms with Gasteiger partial charge in [-0.05, 0) is 50.5 Å². The summed E-state index contributed by atoms with van der Waals surface area (Å²) in [5.74, 6) is 0.892. The van der Waals surface area contributed by atoms with Crippen LogP contribution >= 0.6 is 0 Å². The van der Waals surface area contributed by atoms with Crippen molar-refractivity contribution in [3.8, 4) is 0 Å². The van der Waals surface area contributed by atoms with E-state index in [0.717, 1.165) is 23.2 Å². The molecule has 130 valence electrons. The molecule has 1 aromatic heterocycles. The van der Waals surface area contributed by atoms with Gasteiger partial charge >= 0.3 is 0 Å². The van der Waals surface area contributed by atoms with Crippen molar-refractivity contribution in [1.82, 2.24) is 10.2 Å². The minimum Gasteiger partial charge on any atom is -0.338 e. The Kier molecular flexibility index (Phi) is 5.77. The molecule has 0 saturated heterocycles. The van der Waals surface area contributed by atoms with Gasteiger partial charge in [0.05, 0.1) is 5.75 Å². The van der Waals surface area contributed by atoms with Gasteiger partial charge in [-0.15, -0.1) is 10.2 Å². The Morgan fingerprint density at radius 2 is 1.58 bits per heavy atom. The van der Waals surface area contributed by atoms with E-state index in [2.05, 4.69) is 39.3 Å². The van der Waals surface area contributed by atoms with Gasteiger partial charge in [0.1, 0.15) is 0 Å². The number of aromatic nitrogens is 2. The maximum Gasteiger partial charge on any atom is 0.233 e. The van der Waals surface area contributed by atoms with Crippen LogP contribution in [0.4, 0.5) is 17.3 Å². The monoisotopic (exact) mass is 348 g/mol. The normalized spacial score (nSPS) is 11.3. The van der Waals surface area contributed by atoms with Crippen molar-refractivity contribution < 1.29 is 8.42 Å². The van der Waals surface area contributed by atoms with Crippen LogP contribution in [0.3, 0.4) is 0 Å². The lowest BCUT2D eigenvalue weighted by Crippen LogP contribution is -2.17. The third-order valence-corrected chi connectivity index (χ3v) is 4.97. The van der Waals surface area contributed by atoms with Crippen molar-refractivity contribution in [2.75, 3.05) is 15.8 Å². The first kappa shape index (κ1) is 18.2. The van der Waals surface area contributed by atoms with Crippen LogP contribution in [0.15, 0.2) is 24.3 Å². The second kappa shape index (κ2) is 7.61. The molecule has 0 bridgehead atoms. The van der Waals surface area contributed by atoms with Gasteiger partial charge in [0.2, 0.25) is 10.0 Å². The Balaban J connectivity index is 2.10. The zero-order valence-electron chi connectivity index (χ0n) is 14.5. The molecule has 0 aliphatic heterocycles. The van der Waals surface area contributed by atoms with E-state index in [1.54, 1.807) is 12.1 Å². The van der Waals surface area contributed by atoms with Crippen LogP contribution in [0.5, 0.6) is 0 Å². The molecule has 0 radical (unpaired) electrons. The summed E-state index contributed by atoms with van der Waals surface area (Å²) >= 11 is 0. The van der Waals surface area contributed by atoms with Crippen molar-refractivity contribution in [2.24, 2.45) is 0 Å². The molecule has 2 aromatic rings. The highest BCUT2D eigenvalue weighted by molar-refractivity contribution is 7.92. The fourth-order valence-electron chi connectivity index (χ4n) is 2.50. The average Bonchev–Trinajstić information content (AvgIpc) is 2.50. The van der Waals surface area contributed by atoms with Crippen molar-refractivity contribution in [3.63, 3.8) is 0 Å². The molecule has 0 unspecified atom stereocenters. The Morgan fingerprint density at radius 1 is 1.00 bits per heavy atom. The second-order valence-corrected chi connectivity index (χ2v) is 7.82. The fourth-order valence-corrected chi connectivity index (χ4v) is 3.70. The van der Waals surface area contributed by atoms with Crippen molar-refractivity contribution in [2.45, 2.75) is 40.5 Å². The fraction of sp³-hybridized carbons (Fsp3) is 0.412. The number of unbranched alkanes of at least 4 members (excludes halogenated alkanes) is 1. The molecule has 0 spiro atoms. The number of benzene rings is 1. The third kappa shape index (κ3) is 4.92. The van der Waals surface area contributed by atoms with Gasteiger partial charge in [-0.2, -0.15) is 0 Å². The van der Waals surface area contributed by atoms with Crippen molar-refractivity contribution >= 4 is 27.3 Å². The summed E-state index contributed by atoms with van der Waals surface area (Å²) in [6.45, 7) is 8.08. The predicted octanol–water partition coefficient (Wildman–Crippen LogP) is 3.69. The highest BCUT2D eigenvalue weighted by Gasteiger charge is 2.11. The van der Waals surface area contributed by atoms with E-state index < -0.39 is 10.0 Å². The van der Waals surface area contributed by atoms with E-state index in [1.165, 1.54) is 5.56 Å². The quantitative estimate of drug-likeness (QED) is 0.797. The van der Waals surface area contributed by atoms with Gasteiger partial charge < -0.3 is 5.32 Å². The number of nitrogens with one attached hydrogen (secondary N) is 2. The van der Waals surface area contributed by atoms with Crippen molar-refractivity contribution in [1.29, 1.82) is 0 Å². The lowest BCUT2D eigenvalue weighted by atomic mass is 10.1. The van der Waals surface area contributed by atoms with E-state index in [1.807, 2.05) is 20.8 Å². The minimum atomic E-state index is -3.36. The average molecular weight is 348 g/mol. The molecule has 7 heteroatoms. The standard InChI is InChI=1S/C17H24N4O2S/c1-5-6-9-24(22,23)21-16-8-7-15(19-20-16)18-17-13(3)10-12(2)11-14(17)4/h7-8,10-11H,5-6,9H2,1-4H3,(H,18,19)(H,20,21). The van der Waals surface area contributed by atoms with E-state index in [0.29, 0.717) is 12.2 Å². The second-order valence-electron chi connectivity index (χ2n) is 5.98. The molecule has 1 heterocycles. The molecular weight excluding hydrogens is 324 g/mol. The first-order chi connectivity index (χ1) is 11.3. The highest BCUT2D eigenvalue weighted by atomic mass is 32.2. The number of rotatable bonds is 7. The third-order valence-electron chi connectivity index (χ3n) is 3.62. The first-order valence-corrected chi connectivity index (χ1v) is 9.65. The predicted molar refractivity (Wildman–Crippen MR) is 98.3 cm³/mol. The minimum absolute atomic E-state index is 0.0902.